The number of carbonyl (C=O) groups excluding carboxylic acids is 2. The van der Waals surface area contributed by atoms with Gasteiger partial charge in [0.1, 0.15) is 11.2 Å². The first-order valence-electron chi connectivity index (χ1n) is 8.56. The quantitative estimate of drug-likeness (QED) is 0.621. The van der Waals surface area contributed by atoms with Crippen LogP contribution in [-0.4, -0.2) is 28.0 Å². The maximum absolute atomic E-state index is 12.5. The zero-order valence-electron chi connectivity index (χ0n) is 16.4. The van der Waals surface area contributed by atoms with Gasteiger partial charge in [-0.2, -0.15) is 0 Å². The Morgan fingerprint density at radius 2 is 1.63 bits per heavy atom. The first-order chi connectivity index (χ1) is 12.4. The highest BCUT2D eigenvalue weighted by Gasteiger charge is 2.22. The predicted molar refractivity (Wildman–Crippen MR) is 109 cm³/mol. The van der Waals surface area contributed by atoms with E-state index in [-0.39, 0.29) is 0 Å². The zero-order valence-corrected chi connectivity index (χ0v) is 18.0. The molecule has 2 rings (SSSR count). The molecule has 0 aliphatic heterocycles. The van der Waals surface area contributed by atoms with Gasteiger partial charge in [0.25, 0.3) is 0 Å². The molecule has 1 N–H and O–H groups in total. The van der Waals surface area contributed by atoms with Crippen molar-refractivity contribution in [2.75, 3.05) is 5.32 Å². The van der Waals surface area contributed by atoms with E-state index in [2.05, 4.69) is 21.2 Å². The third-order valence-corrected chi connectivity index (χ3v) is 3.73. The van der Waals surface area contributed by atoms with Crippen molar-refractivity contribution >= 4 is 33.8 Å². The summed E-state index contributed by atoms with van der Waals surface area (Å²) in [6.07, 6.45) is 0.564. The molecule has 1 heterocycles. The maximum atomic E-state index is 12.5. The molecule has 0 fully saturated rings. The monoisotopic (exact) mass is 436 g/mol. The summed E-state index contributed by atoms with van der Waals surface area (Å²) in [7, 11) is 0. The van der Waals surface area contributed by atoms with Gasteiger partial charge in [-0.1, -0.05) is 15.9 Å². The molecule has 146 valence electrons. The average Bonchev–Trinajstić information content (AvgIpc) is 2.92. The van der Waals surface area contributed by atoms with Crippen LogP contribution in [0.1, 0.15) is 41.5 Å². The van der Waals surface area contributed by atoms with Gasteiger partial charge in [-0.25, -0.2) is 9.59 Å². The Kier molecular flexibility index (Phi) is 6.04. The van der Waals surface area contributed by atoms with E-state index in [0.717, 1.165) is 4.47 Å². The van der Waals surface area contributed by atoms with Crippen molar-refractivity contribution < 1.29 is 19.1 Å². The number of benzene rings is 1. The van der Waals surface area contributed by atoms with Gasteiger partial charge < -0.3 is 9.47 Å². The van der Waals surface area contributed by atoms with E-state index in [4.69, 9.17) is 9.47 Å². The van der Waals surface area contributed by atoms with Crippen LogP contribution in [0, 0.1) is 0 Å². The number of ether oxygens (including phenoxy) is 2. The molecule has 0 bridgehead atoms. The summed E-state index contributed by atoms with van der Waals surface area (Å²) >= 11 is 3.41. The SMILES string of the molecule is CC(C)(C)OC(=O)Nc1cc(Br)ccc1-c1cccn1C(=O)OC(C)(C)C. The molecule has 0 spiro atoms. The van der Waals surface area contributed by atoms with Crippen molar-refractivity contribution in [2.24, 2.45) is 0 Å². The molecule has 6 nitrogen and oxygen atoms in total. The molecule has 7 heteroatoms. The Balaban J connectivity index is 2.39. The summed E-state index contributed by atoms with van der Waals surface area (Å²) < 4.78 is 13.0. The van der Waals surface area contributed by atoms with Gasteiger partial charge in [0, 0.05) is 16.2 Å². The number of rotatable bonds is 2. The first-order valence-corrected chi connectivity index (χ1v) is 9.36. The normalized spacial score (nSPS) is 11.8. The fraction of sp³-hybridized carbons (Fsp3) is 0.400. The lowest BCUT2D eigenvalue weighted by Crippen LogP contribution is -2.28. The minimum absolute atomic E-state index is 0.492. The molecular formula is C20H25BrN2O4. The van der Waals surface area contributed by atoms with E-state index in [1.807, 2.05) is 32.9 Å². The van der Waals surface area contributed by atoms with Crippen LogP contribution in [0.4, 0.5) is 15.3 Å². The molecule has 0 unspecified atom stereocenters. The van der Waals surface area contributed by atoms with Gasteiger partial charge in [0.15, 0.2) is 0 Å². The van der Waals surface area contributed by atoms with Crippen LogP contribution >= 0.6 is 15.9 Å². The molecule has 0 saturated heterocycles. The number of aromatic nitrogens is 1. The van der Waals surface area contributed by atoms with Crippen LogP contribution in [-0.2, 0) is 9.47 Å². The second-order valence-corrected chi connectivity index (χ2v) is 8.98. The topological polar surface area (TPSA) is 69.6 Å². The second kappa shape index (κ2) is 7.76. The van der Waals surface area contributed by atoms with E-state index < -0.39 is 23.4 Å². The zero-order chi connectivity index (χ0) is 20.4. The maximum Gasteiger partial charge on any atom is 0.418 e. The highest BCUT2D eigenvalue weighted by atomic mass is 79.9. The Hall–Kier alpha value is -2.28. The van der Waals surface area contributed by atoms with Gasteiger partial charge in [-0.05, 0) is 71.9 Å². The number of halogens is 1. The van der Waals surface area contributed by atoms with Gasteiger partial charge >= 0.3 is 12.2 Å². The summed E-state index contributed by atoms with van der Waals surface area (Å²) in [5.74, 6) is 0. The first kappa shape index (κ1) is 21.0. The molecule has 1 amide bonds. The fourth-order valence-electron chi connectivity index (χ4n) is 2.33. The molecule has 0 saturated carbocycles. The molecule has 2 aromatic rings. The molecule has 27 heavy (non-hydrogen) atoms. The summed E-state index contributed by atoms with van der Waals surface area (Å²) in [6.45, 7) is 10.8. The van der Waals surface area contributed by atoms with Crippen LogP contribution in [0.5, 0.6) is 0 Å². The number of amides is 1. The van der Waals surface area contributed by atoms with Crippen LogP contribution in [0.3, 0.4) is 0 Å². The predicted octanol–water partition coefficient (Wildman–Crippen LogP) is 6.05. The van der Waals surface area contributed by atoms with Crippen LogP contribution in [0.15, 0.2) is 41.0 Å². The lowest BCUT2D eigenvalue weighted by Gasteiger charge is -2.22. The molecular weight excluding hydrogens is 412 g/mol. The number of hydrogen-bond acceptors (Lipinski definition) is 4. The highest BCUT2D eigenvalue weighted by molar-refractivity contribution is 9.10. The van der Waals surface area contributed by atoms with Crippen molar-refractivity contribution in [2.45, 2.75) is 52.7 Å². The lowest BCUT2D eigenvalue weighted by atomic mass is 10.1. The number of anilines is 1. The van der Waals surface area contributed by atoms with E-state index in [0.29, 0.717) is 16.9 Å². The summed E-state index contributed by atoms with van der Waals surface area (Å²) in [4.78, 5) is 24.7. The molecule has 0 aliphatic carbocycles. The largest absolute Gasteiger partial charge is 0.444 e. The second-order valence-electron chi connectivity index (χ2n) is 8.06. The molecule has 0 radical (unpaired) electrons. The highest BCUT2D eigenvalue weighted by Crippen LogP contribution is 2.32. The Morgan fingerprint density at radius 3 is 2.22 bits per heavy atom. The third kappa shape index (κ3) is 6.13. The van der Waals surface area contributed by atoms with E-state index in [1.165, 1.54) is 4.57 Å². The molecule has 0 aliphatic rings. The molecule has 1 aromatic carbocycles. The number of hydrogen-bond donors (Lipinski definition) is 1. The van der Waals surface area contributed by atoms with Gasteiger partial charge in [-0.15, -0.1) is 0 Å². The van der Waals surface area contributed by atoms with Gasteiger partial charge in [-0.3, -0.25) is 9.88 Å². The van der Waals surface area contributed by atoms with Crippen LogP contribution < -0.4 is 5.32 Å². The molecule has 0 atom stereocenters. The minimum Gasteiger partial charge on any atom is -0.444 e. The third-order valence-electron chi connectivity index (χ3n) is 3.23. The van der Waals surface area contributed by atoms with Crippen LogP contribution in [0.2, 0.25) is 0 Å². The minimum atomic E-state index is -0.618. The smallest absolute Gasteiger partial charge is 0.418 e. The van der Waals surface area contributed by atoms with Crippen molar-refractivity contribution in [3.8, 4) is 11.3 Å². The van der Waals surface area contributed by atoms with E-state index in [1.54, 1.807) is 45.2 Å². The van der Waals surface area contributed by atoms with Crippen molar-refractivity contribution in [3.05, 3.63) is 41.0 Å². The van der Waals surface area contributed by atoms with Crippen LogP contribution in [0.25, 0.3) is 11.3 Å². The lowest BCUT2D eigenvalue weighted by molar-refractivity contribution is 0.0539. The average molecular weight is 437 g/mol. The Labute approximate surface area is 168 Å². The standard InChI is InChI=1S/C20H25BrN2O4/c1-19(2,3)26-17(24)22-15-12-13(21)9-10-14(15)16-8-7-11-23(16)18(25)27-20(4,5)6/h7-12H,1-6H3,(H,22,24). The number of nitrogens with one attached hydrogen (secondary N) is 1. The Bertz CT molecular complexity index is 844. The van der Waals surface area contributed by atoms with E-state index >= 15 is 0 Å². The molecule has 1 aromatic heterocycles. The van der Waals surface area contributed by atoms with Gasteiger partial charge in [0.05, 0.1) is 11.4 Å². The van der Waals surface area contributed by atoms with E-state index in [9.17, 15) is 9.59 Å². The number of carbonyl (C=O) groups is 2. The fourth-order valence-corrected chi connectivity index (χ4v) is 2.69. The van der Waals surface area contributed by atoms with Crippen molar-refractivity contribution in [3.63, 3.8) is 0 Å². The Morgan fingerprint density at radius 1 is 1.00 bits per heavy atom. The summed E-state index contributed by atoms with van der Waals surface area (Å²) in [6, 6.07) is 8.94. The van der Waals surface area contributed by atoms with Crippen molar-refractivity contribution in [1.82, 2.24) is 4.57 Å². The van der Waals surface area contributed by atoms with Crippen molar-refractivity contribution in [1.29, 1.82) is 0 Å². The number of nitrogens with zero attached hydrogens (tertiary/aromatic N) is 1. The van der Waals surface area contributed by atoms with Gasteiger partial charge in [0.2, 0.25) is 0 Å². The summed E-state index contributed by atoms with van der Waals surface area (Å²) in [5, 5.41) is 2.75. The summed E-state index contributed by atoms with van der Waals surface area (Å²) in [5.41, 5.74) is 0.549.